The highest BCUT2D eigenvalue weighted by atomic mass is 16.5. The Kier molecular flexibility index (Phi) is 7.33. The van der Waals surface area contributed by atoms with E-state index in [2.05, 4.69) is 19.2 Å². The summed E-state index contributed by atoms with van der Waals surface area (Å²) in [7, 11) is 0. The van der Waals surface area contributed by atoms with Crippen LogP contribution in [0, 0.1) is 11.8 Å². The lowest BCUT2D eigenvalue weighted by molar-refractivity contribution is -0.143. The van der Waals surface area contributed by atoms with Crippen molar-refractivity contribution in [1.82, 2.24) is 5.32 Å². The van der Waals surface area contributed by atoms with Gasteiger partial charge in [0.2, 0.25) is 0 Å². The normalized spacial score (nSPS) is 24.9. The number of hydrogen-bond donors (Lipinski definition) is 1. The van der Waals surface area contributed by atoms with Crippen molar-refractivity contribution < 1.29 is 9.53 Å². The maximum Gasteiger partial charge on any atom is 0.307 e. The molecule has 0 aromatic rings. The Morgan fingerprint density at radius 1 is 1.28 bits per heavy atom. The third-order valence-electron chi connectivity index (χ3n) is 4.02. The van der Waals surface area contributed by atoms with Gasteiger partial charge in [0.05, 0.1) is 13.0 Å². The number of esters is 1. The molecule has 106 valence electrons. The van der Waals surface area contributed by atoms with Gasteiger partial charge in [-0.3, -0.25) is 4.79 Å². The molecule has 1 aliphatic rings. The summed E-state index contributed by atoms with van der Waals surface area (Å²) in [5.74, 6) is 1.61. The molecule has 0 spiro atoms. The lowest BCUT2D eigenvalue weighted by Crippen LogP contribution is -2.30. The van der Waals surface area contributed by atoms with E-state index >= 15 is 0 Å². The zero-order valence-electron chi connectivity index (χ0n) is 12.2. The Bertz CT molecular complexity index is 241. The van der Waals surface area contributed by atoms with Crippen molar-refractivity contribution in [3.8, 4) is 0 Å². The van der Waals surface area contributed by atoms with Crippen LogP contribution in [-0.4, -0.2) is 25.2 Å². The van der Waals surface area contributed by atoms with Crippen molar-refractivity contribution in [1.29, 1.82) is 0 Å². The molecule has 18 heavy (non-hydrogen) atoms. The molecule has 0 radical (unpaired) electrons. The summed E-state index contributed by atoms with van der Waals surface area (Å²) in [6.07, 6.45) is 7.03. The molecule has 0 bridgehead atoms. The number of hydrogen-bond acceptors (Lipinski definition) is 3. The fraction of sp³-hybridized carbons (Fsp3) is 0.933. The van der Waals surface area contributed by atoms with E-state index in [0.29, 0.717) is 19.1 Å². The quantitative estimate of drug-likeness (QED) is 0.585. The van der Waals surface area contributed by atoms with Gasteiger partial charge in [-0.25, -0.2) is 0 Å². The number of rotatable bonds is 6. The molecule has 1 saturated carbocycles. The molecule has 2 atom stereocenters. The first-order chi connectivity index (χ1) is 8.63. The van der Waals surface area contributed by atoms with Crippen molar-refractivity contribution in [2.45, 2.75) is 65.3 Å². The van der Waals surface area contributed by atoms with Gasteiger partial charge in [-0.2, -0.15) is 0 Å². The summed E-state index contributed by atoms with van der Waals surface area (Å²) in [5.41, 5.74) is 0. The molecule has 0 amide bonds. The van der Waals surface area contributed by atoms with E-state index in [1.54, 1.807) is 0 Å². The second-order valence-electron chi connectivity index (χ2n) is 5.72. The molecule has 3 nitrogen and oxygen atoms in total. The largest absolute Gasteiger partial charge is 0.466 e. The number of carbonyl (C=O) groups is 1. The van der Waals surface area contributed by atoms with Gasteiger partial charge in [-0.1, -0.05) is 26.7 Å². The molecule has 0 aliphatic heterocycles. The Morgan fingerprint density at radius 3 is 2.72 bits per heavy atom. The average molecular weight is 255 g/mol. The van der Waals surface area contributed by atoms with Gasteiger partial charge in [0.15, 0.2) is 0 Å². The first-order valence-electron chi connectivity index (χ1n) is 7.52. The smallest absolute Gasteiger partial charge is 0.307 e. The Morgan fingerprint density at radius 2 is 2.06 bits per heavy atom. The second-order valence-corrected chi connectivity index (χ2v) is 5.72. The van der Waals surface area contributed by atoms with Gasteiger partial charge in [0, 0.05) is 12.6 Å². The highest BCUT2D eigenvalue weighted by Crippen LogP contribution is 2.28. The van der Waals surface area contributed by atoms with Crippen molar-refractivity contribution in [3.05, 3.63) is 0 Å². The minimum atomic E-state index is -0.0846. The highest BCUT2D eigenvalue weighted by molar-refractivity contribution is 5.69. The van der Waals surface area contributed by atoms with Crippen LogP contribution in [0.1, 0.15) is 59.3 Å². The minimum absolute atomic E-state index is 0.0846. The highest BCUT2D eigenvalue weighted by Gasteiger charge is 2.20. The van der Waals surface area contributed by atoms with E-state index in [1.165, 1.54) is 32.1 Å². The third-order valence-corrected chi connectivity index (χ3v) is 4.02. The monoisotopic (exact) mass is 255 g/mol. The van der Waals surface area contributed by atoms with E-state index in [4.69, 9.17) is 4.74 Å². The zero-order valence-corrected chi connectivity index (χ0v) is 12.2. The molecule has 3 heteroatoms. The molecule has 0 aromatic carbocycles. The lowest BCUT2D eigenvalue weighted by Gasteiger charge is -2.19. The van der Waals surface area contributed by atoms with Crippen molar-refractivity contribution in [3.63, 3.8) is 0 Å². The third kappa shape index (κ3) is 5.85. The maximum absolute atomic E-state index is 11.2. The number of nitrogens with one attached hydrogen (secondary N) is 1. The van der Waals surface area contributed by atoms with Crippen LogP contribution >= 0.6 is 0 Å². The predicted molar refractivity (Wildman–Crippen MR) is 74.5 cm³/mol. The molecule has 0 saturated heterocycles. The standard InChI is InChI=1S/C15H29NO2/c1-4-18-15(17)10-11-16-14-7-5-6-13(8-9-14)12(2)3/h12-14,16H,4-11H2,1-3H3. The van der Waals surface area contributed by atoms with E-state index < -0.39 is 0 Å². The molecular weight excluding hydrogens is 226 g/mol. The SMILES string of the molecule is CCOC(=O)CCNC1CCCC(C(C)C)CC1. The fourth-order valence-electron chi connectivity index (χ4n) is 2.81. The summed E-state index contributed by atoms with van der Waals surface area (Å²) >= 11 is 0. The predicted octanol–water partition coefficient (Wildman–Crippen LogP) is 3.13. The average Bonchev–Trinajstić information content (AvgIpc) is 2.55. The van der Waals surface area contributed by atoms with Gasteiger partial charge in [-0.15, -0.1) is 0 Å². The van der Waals surface area contributed by atoms with Crippen LogP contribution in [-0.2, 0) is 9.53 Å². The van der Waals surface area contributed by atoms with Crippen LogP contribution in [0.3, 0.4) is 0 Å². The van der Waals surface area contributed by atoms with Gasteiger partial charge >= 0.3 is 5.97 Å². The van der Waals surface area contributed by atoms with E-state index in [9.17, 15) is 4.79 Å². The van der Waals surface area contributed by atoms with Crippen LogP contribution in [0.2, 0.25) is 0 Å². The molecule has 0 aromatic heterocycles. The van der Waals surface area contributed by atoms with E-state index in [-0.39, 0.29) is 5.97 Å². The first kappa shape index (κ1) is 15.5. The first-order valence-corrected chi connectivity index (χ1v) is 7.52. The van der Waals surface area contributed by atoms with Crippen LogP contribution in [0.15, 0.2) is 0 Å². The number of carbonyl (C=O) groups excluding carboxylic acids is 1. The van der Waals surface area contributed by atoms with Crippen molar-refractivity contribution >= 4 is 5.97 Å². The summed E-state index contributed by atoms with van der Waals surface area (Å²) in [6.45, 7) is 7.76. The fourth-order valence-corrected chi connectivity index (χ4v) is 2.81. The van der Waals surface area contributed by atoms with E-state index in [0.717, 1.165) is 18.4 Å². The molecule has 1 aliphatic carbocycles. The molecule has 0 heterocycles. The van der Waals surface area contributed by atoms with Gasteiger partial charge < -0.3 is 10.1 Å². The molecule has 2 unspecified atom stereocenters. The lowest BCUT2D eigenvalue weighted by atomic mass is 9.89. The summed E-state index contributed by atoms with van der Waals surface area (Å²) in [4.78, 5) is 11.2. The van der Waals surface area contributed by atoms with E-state index in [1.807, 2.05) is 6.92 Å². The summed E-state index contributed by atoms with van der Waals surface area (Å²) in [5, 5.41) is 3.51. The van der Waals surface area contributed by atoms with Crippen molar-refractivity contribution in [2.75, 3.05) is 13.2 Å². The maximum atomic E-state index is 11.2. The van der Waals surface area contributed by atoms with Gasteiger partial charge in [0.25, 0.3) is 0 Å². The summed E-state index contributed by atoms with van der Waals surface area (Å²) < 4.78 is 4.93. The molecular formula is C15H29NO2. The molecule has 1 rings (SSSR count). The minimum Gasteiger partial charge on any atom is -0.466 e. The Labute approximate surface area is 112 Å². The molecule has 1 fully saturated rings. The number of ether oxygens (including phenoxy) is 1. The van der Waals surface area contributed by atoms with Crippen molar-refractivity contribution in [2.24, 2.45) is 11.8 Å². The van der Waals surface area contributed by atoms with Crippen LogP contribution in [0.25, 0.3) is 0 Å². The second kappa shape index (κ2) is 8.52. The topological polar surface area (TPSA) is 38.3 Å². The van der Waals surface area contributed by atoms with Crippen LogP contribution in [0.5, 0.6) is 0 Å². The summed E-state index contributed by atoms with van der Waals surface area (Å²) in [6, 6.07) is 0.600. The van der Waals surface area contributed by atoms with Gasteiger partial charge in [0.1, 0.15) is 0 Å². The van der Waals surface area contributed by atoms with Crippen LogP contribution in [0.4, 0.5) is 0 Å². The zero-order chi connectivity index (χ0) is 13.4. The Hall–Kier alpha value is -0.570. The van der Waals surface area contributed by atoms with Crippen LogP contribution < -0.4 is 5.32 Å². The van der Waals surface area contributed by atoms with Gasteiger partial charge in [-0.05, 0) is 38.0 Å². The Balaban J connectivity index is 2.17. The molecule has 1 N–H and O–H groups in total.